The van der Waals surface area contributed by atoms with Crippen molar-refractivity contribution in [2.45, 2.75) is 40.2 Å². The summed E-state index contributed by atoms with van der Waals surface area (Å²) in [6, 6.07) is 14.5. The fraction of sp³-hybridized carbons (Fsp3) is 0.233. The van der Waals surface area contributed by atoms with Gasteiger partial charge in [0.15, 0.2) is 11.5 Å². The maximum atomic E-state index is 12.3. The number of aryl methyl sites for hydroxylation is 2. The van der Waals surface area contributed by atoms with E-state index < -0.39 is 11.8 Å². The highest BCUT2D eigenvalue weighted by atomic mass is 35.5. The van der Waals surface area contributed by atoms with Crippen LogP contribution in [0.1, 0.15) is 41.2 Å². The van der Waals surface area contributed by atoms with Gasteiger partial charge < -0.3 is 14.8 Å². The van der Waals surface area contributed by atoms with E-state index in [1.807, 2.05) is 51.1 Å². The maximum Gasteiger partial charge on any atom is 0.249 e. The van der Waals surface area contributed by atoms with Crippen molar-refractivity contribution in [1.29, 1.82) is 0 Å². The van der Waals surface area contributed by atoms with E-state index in [4.69, 9.17) is 32.7 Å². The molecule has 204 valence electrons. The Morgan fingerprint density at radius 1 is 1.00 bits per heavy atom. The van der Waals surface area contributed by atoms with Gasteiger partial charge in [0.2, 0.25) is 11.8 Å². The Morgan fingerprint density at radius 3 is 2.49 bits per heavy atom. The first kappa shape index (κ1) is 29.7. The average molecular weight is 569 g/mol. The lowest BCUT2D eigenvalue weighted by molar-refractivity contribution is -0.126. The van der Waals surface area contributed by atoms with Crippen molar-refractivity contribution in [2.24, 2.45) is 5.10 Å². The molecule has 2 amide bonds. The van der Waals surface area contributed by atoms with Gasteiger partial charge in [-0.1, -0.05) is 53.0 Å². The largest absolute Gasteiger partial charge is 0.490 e. The van der Waals surface area contributed by atoms with E-state index in [-0.39, 0.29) is 13.0 Å². The number of benzene rings is 3. The van der Waals surface area contributed by atoms with Gasteiger partial charge >= 0.3 is 0 Å². The number of allylic oxidation sites excluding steroid dienone is 1. The van der Waals surface area contributed by atoms with E-state index in [1.54, 1.807) is 24.3 Å². The maximum absolute atomic E-state index is 12.3. The number of nitrogens with one attached hydrogen (secondary N) is 2. The third-order valence-electron chi connectivity index (χ3n) is 5.59. The van der Waals surface area contributed by atoms with Crippen LogP contribution in [-0.2, 0) is 22.6 Å². The van der Waals surface area contributed by atoms with Crippen molar-refractivity contribution in [3.8, 4) is 11.5 Å². The second kappa shape index (κ2) is 14.4. The second-order valence-electron chi connectivity index (χ2n) is 8.79. The molecule has 3 aromatic carbocycles. The molecular weight excluding hydrogens is 537 g/mol. The first-order valence-corrected chi connectivity index (χ1v) is 13.1. The molecule has 0 radical (unpaired) electrons. The van der Waals surface area contributed by atoms with E-state index in [1.165, 1.54) is 6.21 Å². The van der Waals surface area contributed by atoms with E-state index in [0.29, 0.717) is 45.8 Å². The van der Waals surface area contributed by atoms with Gasteiger partial charge in [0.1, 0.15) is 13.0 Å². The lowest BCUT2D eigenvalue weighted by Gasteiger charge is -2.17. The lowest BCUT2D eigenvalue weighted by Crippen LogP contribution is -2.24. The molecule has 7 nitrogen and oxygen atoms in total. The number of hydrogen-bond acceptors (Lipinski definition) is 5. The highest BCUT2D eigenvalue weighted by Crippen LogP contribution is 2.35. The fourth-order valence-corrected chi connectivity index (χ4v) is 4.26. The topological polar surface area (TPSA) is 89.0 Å². The van der Waals surface area contributed by atoms with E-state index in [0.717, 1.165) is 22.3 Å². The predicted octanol–water partition coefficient (Wildman–Crippen LogP) is 6.80. The summed E-state index contributed by atoms with van der Waals surface area (Å²) in [5.74, 6) is 0.114. The zero-order chi connectivity index (χ0) is 28.4. The molecule has 0 saturated carbocycles. The van der Waals surface area contributed by atoms with Crippen molar-refractivity contribution < 1.29 is 19.1 Å². The number of carbonyl (C=O) groups is 2. The molecule has 3 aromatic rings. The molecule has 0 atom stereocenters. The number of ether oxygens (including phenoxy) is 2. The Hall–Kier alpha value is -3.81. The fourth-order valence-electron chi connectivity index (χ4n) is 3.79. The second-order valence-corrected chi connectivity index (χ2v) is 9.64. The third-order valence-corrected chi connectivity index (χ3v) is 6.17. The Kier molecular flexibility index (Phi) is 11.0. The molecule has 0 aliphatic rings. The van der Waals surface area contributed by atoms with E-state index in [2.05, 4.69) is 22.4 Å². The number of hydrazone groups is 1. The van der Waals surface area contributed by atoms with Gasteiger partial charge in [-0.2, -0.15) is 5.10 Å². The highest BCUT2D eigenvalue weighted by Gasteiger charge is 2.15. The number of halogens is 2. The Bertz CT molecular complexity index is 1390. The summed E-state index contributed by atoms with van der Waals surface area (Å²) in [4.78, 5) is 24.6. The summed E-state index contributed by atoms with van der Waals surface area (Å²) in [6.45, 7) is 10.2. The number of rotatable bonds is 12. The molecule has 0 unspecified atom stereocenters. The minimum Gasteiger partial charge on any atom is -0.490 e. The first-order chi connectivity index (χ1) is 18.7. The lowest BCUT2D eigenvalue weighted by atomic mass is 10.1. The molecule has 0 fully saturated rings. The zero-order valence-electron chi connectivity index (χ0n) is 22.1. The molecule has 2 N–H and O–H groups in total. The van der Waals surface area contributed by atoms with Crippen molar-refractivity contribution in [3.63, 3.8) is 0 Å². The van der Waals surface area contributed by atoms with Gasteiger partial charge in [-0.15, -0.1) is 6.58 Å². The number of hydrogen-bond donors (Lipinski definition) is 2. The standard InChI is InChI=1S/C30H31Cl2N3O4/c1-5-7-22-13-21(14-27(38-6-2)30(22)39-18-23-9-10-24(31)15-25(23)32)17-33-35-29(37)16-28(36)34-26-11-8-19(3)12-20(26)4/h5,8-15,17H,1,6-7,16,18H2,2-4H3,(H,34,36)(H,35,37). The van der Waals surface area contributed by atoms with Gasteiger partial charge in [-0.25, -0.2) is 5.43 Å². The van der Waals surface area contributed by atoms with Crippen LogP contribution >= 0.6 is 23.2 Å². The Labute approximate surface area is 238 Å². The van der Waals surface area contributed by atoms with Crippen LogP contribution in [0.2, 0.25) is 10.0 Å². The third kappa shape index (κ3) is 8.87. The molecule has 3 rings (SSSR count). The molecule has 0 bridgehead atoms. The SMILES string of the molecule is C=CCc1cc(C=NNC(=O)CC(=O)Nc2ccc(C)cc2C)cc(OCC)c1OCc1ccc(Cl)cc1Cl. The quantitative estimate of drug-likeness (QED) is 0.109. The Balaban J connectivity index is 1.69. The van der Waals surface area contributed by atoms with Crippen molar-refractivity contribution >= 4 is 46.9 Å². The van der Waals surface area contributed by atoms with Crippen LogP contribution in [0.15, 0.2) is 66.3 Å². The summed E-state index contributed by atoms with van der Waals surface area (Å²) < 4.78 is 12.0. The van der Waals surface area contributed by atoms with Crippen molar-refractivity contribution in [3.05, 3.63) is 99.0 Å². The van der Waals surface area contributed by atoms with Crippen molar-refractivity contribution in [2.75, 3.05) is 11.9 Å². The van der Waals surface area contributed by atoms with E-state index in [9.17, 15) is 9.59 Å². The summed E-state index contributed by atoms with van der Waals surface area (Å²) in [7, 11) is 0. The predicted molar refractivity (Wildman–Crippen MR) is 157 cm³/mol. The molecule has 0 aromatic heterocycles. The smallest absolute Gasteiger partial charge is 0.249 e. The summed E-state index contributed by atoms with van der Waals surface area (Å²) >= 11 is 12.3. The molecule has 0 spiro atoms. The van der Waals surface area contributed by atoms with Crippen molar-refractivity contribution in [1.82, 2.24) is 5.43 Å². The van der Waals surface area contributed by atoms with Crippen LogP contribution in [0.4, 0.5) is 5.69 Å². The zero-order valence-corrected chi connectivity index (χ0v) is 23.7. The minimum absolute atomic E-state index is 0.216. The van der Waals surface area contributed by atoms with E-state index >= 15 is 0 Å². The van der Waals surface area contributed by atoms with Gasteiger partial charge in [0.25, 0.3) is 0 Å². The normalized spacial score (nSPS) is 10.8. The Morgan fingerprint density at radius 2 is 1.79 bits per heavy atom. The summed E-state index contributed by atoms with van der Waals surface area (Å²) in [6.07, 6.45) is 3.38. The van der Waals surface area contributed by atoms with Gasteiger partial charge in [0, 0.05) is 26.9 Å². The average Bonchev–Trinajstić information content (AvgIpc) is 2.86. The molecule has 0 saturated heterocycles. The number of carbonyl (C=O) groups excluding carboxylic acids is 2. The van der Waals surface area contributed by atoms with Gasteiger partial charge in [-0.05, 0) is 68.7 Å². The monoisotopic (exact) mass is 567 g/mol. The summed E-state index contributed by atoms with van der Waals surface area (Å²) in [5, 5.41) is 7.82. The first-order valence-electron chi connectivity index (χ1n) is 12.4. The molecule has 0 aliphatic carbocycles. The molecule has 0 aliphatic heterocycles. The minimum atomic E-state index is -0.537. The molecular formula is C30H31Cl2N3O4. The number of anilines is 1. The molecule has 9 heteroatoms. The van der Waals surface area contributed by atoms with Gasteiger partial charge in [0.05, 0.1) is 12.8 Å². The number of nitrogens with zero attached hydrogens (tertiary/aromatic N) is 1. The van der Waals surface area contributed by atoms with Crippen LogP contribution < -0.4 is 20.2 Å². The van der Waals surface area contributed by atoms with Crippen LogP contribution in [-0.4, -0.2) is 24.6 Å². The van der Waals surface area contributed by atoms with Crippen LogP contribution in [0.25, 0.3) is 0 Å². The molecule has 39 heavy (non-hydrogen) atoms. The highest BCUT2D eigenvalue weighted by molar-refractivity contribution is 6.35. The summed E-state index contributed by atoms with van der Waals surface area (Å²) in [5.41, 5.74) is 7.35. The van der Waals surface area contributed by atoms with Crippen LogP contribution in [0, 0.1) is 13.8 Å². The van der Waals surface area contributed by atoms with Crippen LogP contribution in [0.5, 0.6) is 11.5 Å². The molecule has 0 heterocycles. The van der Waals surface area contributed by atoms with Crippen LogP contribution in [0.3, 0.4) is 0 Å². The number of amides is 2. The van der Waals surface area contributed by atoms with Gasteiger partial charge in [-0.3, -0.25) is 9.59 Å².